The molecule has 0 aliphatic carbocycles. The highest BCUT2D eigenvalue weighted by Gasteiger charge is 2.08. The summed E-state index contributed by atoms with van der Waals surface area (Å²) in [6, 6.07) is 4.64. The fourth-order valence-corrected chi connectivity index (χ4v) is 0.996. The molecule has 67 valence electrons. The summed E-state index contributed by atoms with van der Waals surface area (Å²) >= 11 is 0. The van der Waals surface area contributed by atoms with Crippen molar-refractivity contribution >= 4 is 18.4 Å². The number of ether oxygens (including phenoxy) is 1. The average molecular weight is 178 g/mol. The number of nitrogens with zero attached hydrogens (tertiary/aromatic N) is 1. The molecule has 0 aliphatic heterocycles. The SMILES string of the molecule is C[B]c1cc(OC)cc([N+](=O)[O-])c1. The second-order valence-electron chi connectivity index (χ2n) is 2.51. The van der Waals surface area contributed by atoms with Crippen molar-refractivity contribution in [3.63, 3.8) is 0 Å². The predicted molar refractivity (Wildman–Crippen MR) is 50.9 cm³/mol. The van der Waals surface area contributed by atoms with E-state index in [0.717, 1.165) is 5.46 Å². The van der Waals surface area contributed by atoms with Gasteiger partial charge in [0.15, 0.2) is 0 Å². The first-order valence-electron chi connectivity index (χ1n) is 3.80. The van der Waals surface area contributed by atoms with Crippen LogP contribution in [0.5, 0.6) is 5.75 Å². The second kappa shape index (κ2) is 3.93. The lowest BCUT2D eigenvalue weighted by Gasteiger charge is -2.02. The van der Waals surface area contributed by atoms with Crippen LogP contribution >= 0.6 is 0 Å². The summed E-state index contributed by atoms with van der Waals surface area (Å²) in [6.07, 6.45) is 0. The summed E-state index contributed by atoms with van der Waals surface area (Å²) in [5, 5.41) is 10.5. The maximum atomic E-state index is 10.5. The van der Waals surface area contributed by atoms with E-state index in [1.54, 1.807) is 13.3 Å². The molecule has 1 aromatic carbocycles. The van der Waals surface area contributed by atoms with E-state index >= 15 is 0 Å². The van der Waals surface area contributed by atoms with E-state index < -0.39 is 4.92 Å². The summed E-state index contributed by atoms with van der Waals surface area (Å²) < 4.78 is 4.92. The molecule has 0 heterocycles. The minimum Gasteiger partial charge on any atom is -0.497 e. The quantitative estimate of drug-likeness (QED) is 0.393. The van der Waals surface area contributed by atoms with E-state index in [-0.39, 0.29) is 5.69 Å². The number of rotatable bonds is 3. The summed E-state index contributed by atoms with van der Waals surface area (Å²) in [7, 11) is 3.27. The van der Waals surface area contributed by atoms with Crippen LogP contribution in [0.3, 0.4) is 0 Å². The highest BCUT2D eigenvalue weighted by molar-refractivity contribution is 6.52. The second-order valence-corrected chi connectivity index (χ2v) is 2.51. The molecule has 0 spiro atoms. The van der Waals surface area contributed by atoms with Crippen LogP contribution in [-0.4, -0.2) is 19.3 Å². The van der Waals surface area contributed by atoms with Crippen LogP contribution in [0.1, 0.15) is 0 Å². The minimum atomic E-state index is -0.435. The van der Waals surface area contributed by atoms with Gasteiger partial charge in [0.2, 0.25) is 0 Å². The zero-order valence-electron chi connectivity index (χ0n) is 7.48. The van der Waals surface area contributed by atoms with Gasteiger partial charge >= 0.3 is 0 Å². The van der Waals surface area contributed by atoms with Crippen molar-refractivity contribution in [2.45, 2.75) is 6.82 Å². The highest BCUT2D eigenvalue weighted by Crippen LogP contribution is 2.16. The van der Waals surface area contributed by atoms with Gasteiger partial charge in [-0.2, -0.15) is 0 Å². The van der Waals surface area contributed by atoms with E-state index in [1.165, 1.54) is 19.2 Å². The lowest BCUT2D eigenvalue weighted by atomic mass is 9.73. The largest absolute Gasteiger partial charge is 0.497 e. The third kappa shape index (κ3) is 2.21. The predicted octanol–water partition coefficient (Wildman–Crippen LogP) is 0.981. The molecule has 0 bridgehead atoms. The summed E-state index contributed by atoms with van der Waals surface area (Å²) in [4.78, 5) is 10.0. The van der Waals surface area contributed by atoms with Crippen molar-refractivity contribution in [3.8, 4) is 5.75 Å². The van der Waals surface area contributed by atoms with Crippen molar-refractivity contribution in [1.29, 1.82) is 0 Å². The minimum absolute atomic E-state index is 0.0486. The molecule has 0 saturated carbocycles. The number of non-ortho nitro benzene ring substituents is 1. The molecule has 1 radical (unpaired) electrons. The number of benzene rings is 1. The normalized spacial score (nSPS) is 9.38. The van der Waals surface area contributed by atoms with Crippen LogP contribution in [0, 0.1) is 10.1 Å². The van der Waals surface area contributed by atoms with Gasteiger partial charge < -0.3 is 4.74 Å². The smallest absolute Gasteiger partial charge is 0.272 e. The Morgan fingerprint density at radius 1 is 1.46 bits per heavy atom. The molecule has 0 unspecified atom stereocenters. The Bertz CT molecular complexity index is 305. The number of hydrogen-bond acceptors (Lipinski definition) is 3. The molecule has 4 nitrogen and oxygen atoms in total. The van der Waals surface area contributed by atoms with Gasteiger partial charge in [0.25, 0.3) is 5.69 Å². The maximum Gasteiger partial charge on any atom is 0.272 e. The fraction of sp³-hybridized carbons (Fsp3) is 0.250. The first-order chi connectivity index (χ1) is 6.17. The molecule has 0 aromatic heterocycles. The number of nitro benzene ring substituents is 1. The molecule has 1 aromatic rings. The van der Waals surface area contributed by atoms with Crippen LogP contribution in [0.25, 0.3) is 0 Å². The van der Waals surface area contributed by atoms with Gasteiger partial charge in [-0.05, 0) is 6.07 Å². The van der Waals surface area contributed by atoms with Crippen molar-refractivity contribution in [2.24, 2.45) is 0 Å². The molecule has 0 aliphatic rings. The molecule has 13 heavy (non-hydrogen) atoms. The third-order valence-corrected chi connectivity index (χ3v) is 1.69. The number of hydrogen-bond donors (Lipinski definition) is 0. The van der Waals surface area contributed by atoms with Crippen LogP contribution in [0.4, 0.5) is 5.69 Å². The van der Waals surface area contributed by atoms with Gasteiger partial charge in [0.05, 0.1) is 18.1 Å². The fourth-order valence-electron chi connectivity index (χ4n) is 0.996. The standard InChI is InChI=1S/C8H9BNO3/c1-9-6-3-7(10(11)12)5-8(4-6)13-2/h3-5H,1-2H3. The molecule has 5 heteroatoms. The lowest BCUT2D eigenvalue weighted by Crippen LogP contribution is -2.11. The Balaban J connectivity index is 3.14. The van der Waals surface area contributed by atoms with Gasteiger partial charge in [0.1, 0.15) is 13.0 Å². The first kappa shape index (κ1) is 9.57. The molecule has 1 rings (SSSR count). The first-order valence-corrected chi connectivity index (χ1v) is 3.80. The van der Waals surface area contributed by atoms with Gasteiger partial charge in [-0.25, -0.2) is 0 Å². The molecule has 0 atom stereocenters. The Morgan fingerprint density at radius 2 is 2.15 bits per heavy atom. The van der Waals surface area contributed by atoms with Crippen LogP contribution in [0.15, 0.2) is 18.2 Å². The molecular formula is C8H9BNO3. The molecule has 0 N–H and O–H groups in total. The summed E-state index contributed by atoms with van der Waals surface area (Å²) in [5.41, 5.74) is 0.832. The monoisotopic (exact) mass is 178 g/mol. The molecule has 0 amide bonds. The van der Waals surface area contributed by atoms with E-state index in [0.29, 0.717) is 5.75 Å². The van der Waals surface area contributed by atoms with Gasteiger partial charge in [-0.1, -0.05) is 12.3 Å². The summed E-state index contributed by atoms with van der Waals surface area (Å²) in [5.74, 6) is 0.502. The summed E-state index contributed by atoms with van der Waals surface area (Å²) in [6.45, 7) is 1.82. The van der Waals surface area contributed by atoms with Gasteiger partial charge in [0, 0.05) is 6.07 Å². The Kier molecular flexibility index (Phi) is 2.90. The van der Waals surface area contributed by atoms with Crippen LogP contribution in [-0.2, 0) is 0 Å². The van der Waals surface area contributed by atoms with E-state index in [9.17, 15) is 10.1 Å². The zero-order chi connectivity index (χ0) is 9.84. The Hall–Kier alpha value is -1.52. The highest BCUT2D eigenvalue weighted by atomic mass is 16.6. The van der Waals surface area contributed by atoms with E-state index in [1.807, 2.05) is 6.82 Å². The average Bonchev–Trinajstić information content (AvgIpc) is 2.16. The van der Waals surface area contributed by atoms with Crippen molar-refractivity contribution < 1.29 is 9.66 Å². The number of nitro groups is 1. The molecule has 0 fully saturated rings. The molecular weight excluding hydrogens is 169 g/mol. The number of methoxy groups -OCH3 is 1. The Labute approximate surface area is 76.9 Å². The zero-order valence-corrected chi connectivity index (χ0v) is 7.48. The Morgan fingerprint density at radius 3 is 2.62 bits per heavy atom. The molecule has 0 saturated heterocycles. The van der Waals surface area contributed by atoms with E-state index in [2.05, 4.69) is 0 Å². The topological polar surface area (TPSA) is 52.4 Å². The third-order valence-electron chi connectivity index (χ3n) is 1.69. The van der Waals surface area contributed by atoms with E-state index in [4.69, 9.17) is 4.74 Å². The van der Waals surface area contributed by atoms with Crippen LogP contribution in [0.2, 0.25) is 6.82 Å². The van der Waals surface area contributed by atoms with Crippen molar-refractivity contribution in [1.82, 2.24) is 0 Å². The van der Waals surface area contributed by atoms with Gasteiger partial charge in [-0.3, -0.25) is 10.1 Å². The van der Waals surface area contributed by atoms with Crippen molar-refractivity contribution in [2.75, 3.05) is 7.11 Å². The lowest BCUT2D eigenvalue weighted by molar-refractivity contribution is -0.384. The van der Waals surface area contributed by atoms with Crippen LogP contribution < -0.4 is 10.2 Å². The van der Waals surface area contributed by atoms with Crippen molar-refractivity contribution in [3.05, 3.63) is 28.3 Å². The maximum absolute atomic E-state index is 10.5. The van der Waals surface area contributed by atoms with Gasteiger partial charge in [-0.15, -0.1) is 0 Å².